The number of hydrogen-bond acceptors (Lipinski definition) is 4. The molecule has 27 heavy (non-hydrogen) atoms. The Morgan fingerprint density at radius 3 is 2.93 bits per heavy atom. The van der Waals surface area contributed by atoms with Crippen molar-refractivity contribution in [2.24, 2.45) is 0 Å². The number of aromatic hydroxyl groups is 1. The molecule has 1 amide bonds. The molecule has 0 saturated carbocycles. The van der Waals surface area contributed by atoms with E-state index in [1.807, 2.05) is 12.1 Å². The summed E-state index contributed by atoms with van der Waals surface area (Å²) in [4.78, 5) is 17.0. The topological polar surface area (TPSA) is 82.1 Å². The molecule has 0 bridgehead atoms. The average Bonchev–Trinajstić information content (AvgIpc) is 3.23. The normalized spacial score (nSPS) is 19.6. The Morgan fingerprint density at radius 1 is 1.41 bits per heavy atom. The van der Waals surface area contributed by atoms with Gasteiger partial charge in [-0.2, -0.15) is 0 Å². The SMILES string of the molecule is C=CC(=O)N1CCC(C)(c2[nH]c3nnc(-c4ccccc4O)cc3c2Cl)C1. The van der Waals surface area contributed by atoms with Crippen LogP contribution in [0, 0.1) is 0 Å². The second-order valence-corrected chi connectivity index (χ2v) is 7.48. The lowest BCUT2D eigenvalue weighted by atomic mass is 9.86. The molecule has 138 valence electrons. The highest BCUT2D eigenvalue weighted by molar-refractivity contribution is 6.36. The second kappa shape index (κ2) is 6.39. The first-order valence-electron chi connectivity index (χ1n) is 8.68. The lowest BCUT2D eigenvalue weighted by Crippen LogP contribution is -2.32. The molecule has 3 heterocycles. The number of phenols is 1. The second-order valence-electron chi connectivity index (χ2n) is 7.10. The van der Waals surface area contributed by atoms with Gasteiger partial charge in [0.25, 0.3) is 0 Å². The molecule has 1 aliphatic heterocycles. The summed E-state index contributed by atoms with van der Waals surface area (Å²) in [6, 6.07) is 8.80. The van der Waals surface area contributed by atoms with Crippen molar-refractivity contribution in [1.82, 2.24) is 20.1 Å². The first-order chi connectivity index (χ1) is 12.9. The minimum absolute atomic E-state index is 0.0763. The van der Waals surface area contributed by atoms with Gasteiger partial charge in [-0.05, 0) is 30.7 Å². The first kappa shape index (κ1) is 17.5. The van der Waals surface area contributed by atoms with E-state index in [4.69, 9.17) is 11.6 Å². The van der Waals surface area contributed by atoms with E-state index in [2.05, 4.69) is 28.7 Å². The van der Waals surface area contributed by atoms with E-state index in [1.54, 1.807) is 23.1 Å². The highest BCUT2D eigenvalue weighted by Gasteiger charge is 2.40. The van der Waals surface area contributed by atoms with Gasteiger partial charge in [0, 0.05) is 35.1 Å². The number of phenolic OH excluding ortho intramolecular Hbond substituents is 1. The maximum absolute atomic E-state index is 11.9. The summed E-state index contributed by atoms with van der Waals surface area (Å²) in [5.41, 5.74) is 2.28. The minimum atomic E-state index is -0.300. The summed E-state index contributed by atoms with van der Waals surface area (Å²) < 4.78 is 0. The number of halogens is 1. The van der Waals surface area contributed by atoms with Crippen molar-refractivity contribution in [3.63, 3.8) is 0 Å². The number of carbonyl (C=O) groups is 1. The number of fused-ring (bicyclic) bond motifs is 1. The summed E-state index contributed by atoms with van der Waals surface area (Å²) in [7, 11) is 0. The van der Waals surface area contributed by atoms with Crippen LogP contribution in [0.25, 0.3) is 22.3 Å². The number of H-pyrrole nitrogens is 1. The molecule has 6 nitrogen and oxygen atoms in total. The van der Waals surface area contributed by atoms with Crippen LogP contribution in [0.1, 0.15) is 19.0 Å². The van der Waals surface area contributed by atoms with E-state index >= 15 is 0 Å². The number of amides is 1. The number of rotatable bonds is 3. The zero-order valence-electron chi connectivity index (χ0n) is 14.9. The van der Waals surface area contributed by atoms with Crippen LogP contribution in [-0.2, 0) is 10.2 Å². The largest absolute Gasteiger partial charge is 0.507 e. The number of carbonyl (C=O) groups excluding carboxylic acids is 1. The van der Waals surface area contributed by atoms with Crippen LogP contribution in [0.4, 0.5) is 0 Å². The van der Waals surface area contributed by atoms with Gasteiger partial charge in [-0.15, -0.1) is 10.2 Å². The Kier molecular flexibility index (Phi) is 4.15. The van der Waals surface area contributed by atoms with Crippen molar-refractivity contribution in [2.75, 3.05) is 13.1 Å². The molecular formula is C20H19ClN4O2. The Balaban J connectivity index is 1.76. The fraction of sp³-hybridized carbons (Fsp3) is 0.250. The zero-order valence-corrected chi connectivity index (χ0v) is 15.6. The van der Waals surface area contributed by atoms with Crippen molar-refractivity contribution in [1.29, 1.82) is 0 Å². The molecule has 0 radical (unpaired) electrons. The van der Waals surface area contributed by atoms with Crippen LogP contribution in [0.15, 0.2) is 43.0 Å². The molecule has 3 aromatic rings. The Hall–Kier alpha value is -2.86. The van der Waals surface area contributed by atoms with Gasteiger partial charge in [0.15, 0.2) is 5.65 Å². The fourth-order valence-corrected chi connectivity index (χ4v) is 4.10. The van der Waals surface area contributed by atoms with Gasteiger partial charge in [0.05, 0.1) is 10.7 Å². The molecule has 1 unspecified atom stereocenters. The minimum Gasteiger partial charge on any atom is -0.507 e. The molecule has 1 aliphatic rings. The third kappa shape index (κ3) is 2.86. The third-order valence-corrected chi connectivity index (χ3v) is 5.63. The maximum atomic E-state index is 11.9. The molecule has 1 atom stereocenters. The van der Waals surface area contributed by atoms with Gasteiger partial charge in [-0.3, -0.25) is 4.79 Å². The van der Waals surface area contributed by atoms with E-state index in [0.29, 0.717) is 35.0 Å². The van der Waals surface area contributed by atoms with Gasteiger partial charge in [-0.1, -0.05) is 37.2 Å². The number of aromatic nitrogens is 3. The number of nitrogens with zero attached hydrogens (tertiary/aromatic N) is 3. The van der Waals surface area contributed by atoms with Gasteiger partial charge in [0.1, 0.15) is 5.75 Å². The van der Waals surface area contributed by atoms with Crippen LogP contribution in [-0.4, -0.2) is 44.2 Å². The molecule has 0 aliphatic carbocycles. The Bertz CT molecular complexity index is 1060. The smallest absolute Gasteiger partial charge is 0.245 e. The zero-order chi connectivity index (χ0) is 19.2. The van der Waals surface area contributed by atoms with E-state index in [9.17, 15) is 9.90 Å². The number of hydrogen-bond donors (Lipinski definition) is 2. The third-order valence-electron chi connectivity index (χ3n) is 5.24. The van der Waals surface area contributed by atoms with Crippen molar-refractivity contribution in [3.8, 4) is 17.0 Å². The molecule has 4 rings (SSSR count). The van der Waals surface area contributed by atoms with E-state index in [-0.39, 0.29) is 17.1 Å². The first-order valence-corrected chi connectivity index (χ1v) is 9.06. The van der Waals surface area contributed by atoms with Crippen molar-refractivity contribution in [3.05, 3.63) is 53.7 Å². The number of para-hydroxylation sites is 1. The average molecular weight is 383 g/mol. The fourth-order valence-electron chi connectivity index (χ4n) is 3.68. The molecular weight excluding hydrogens is 364 g/mol. The predicted molar refractivity (Wildman–Crippen MR) is 105 cm³/mol. The molecule has 1 aromatic carbocycles. The number of nitrogens with one attached hydrogen (secondary N) is 1. The maximum Gasteiger partial charge on any atom is 0.245 e. The summed E-state index contributed by atoms with van der Waals surface area (Å²) in [5.74, 6) is 0.0620. The molecule has 7 heteroatoms. The summed E-state index contributed by atoms with van der Waals surface area (Å²) in [6.07, 6.45) is 2.13. The van der Waals surface area contributed by atoms with Gasteiger partial charge in [0.2, 0.25) is 5.91 Å². The van der Waals surface area contributed by atoms with Gasteiger partial charge < -0.3 is 15.0 Å². The lowest BCUT2D eigenvalue weighted by molar-refractivity contribution is -0.125. The molecule has 0 spiro atoms. The molecule has 2 N–H and O–H groups in total. The molecule has 1 saturated heterocycles. The van der Waals surface area contributed by atoms with Crippen molar-refractivity contribution >= 4 is 28.5 Å². The van der Waals surface area contributed by atoms with Crippen molar-refractivity contribution in [2.45, 2.75) is 18.8 Å². The van der Waals surface area contributed by atoms with Gasteiger partial charge >= 0.3 is 0 Å². The molecule has 1 fully saturated rings. The van der Waals surface area contributed by atoms with Crippen LogP contribution < -0.4 is 0 Å². The number of aromatic amines is 1. The standard InChI is InChI=1S/C20H19ClN4O2/c1-3-16(27)25-9-8-20(2,11-25)18-17(21)13-10-14(23-24-19(13)22-18)12-6-4-5-7-15(12)26/h3-7,10,26H,1,8-9,11H2,2H3,(H,22,24). The van der Waals surface area contributed by atoms with Crippen LogP contribution >= 0.6 is 11.6 Å². The van der Waals surface area contributed by atoms with Crippen LogP contribution in [0.3, 0.4) is 0 Å². The van der Waals surface area contributed by atoms with E-state index < -0.39 is 0 Å². The predicted octanol–water partition coefficient (Wildman–Crippen LogP) is 3.66. The summed E-state index contributed by atoms with van der Waals surface area (Å²) in [5, 5.41) is 19.9. The summed E-state index contributed by atoms with van der Waals surface area (Å²) in [6.45, 7) is 6.85. The van der Waals surface area contributed by atoms with Crippen LogP contribution in [0.2, 0.25) is 5.02 Å². The molecule has 2 aromatic heterocycles. The monoisotopic (exact) mass is 382 g/mol. The lowest BCUT2D eigenvalue weighted by Gasteiger charge is -2.23. The van der Waals surface area contributed by atoms with Crippen LogP contribution in [0.5, 0.6) is 5.75 Å². The highest BCUT2D eigenvalue weighted by Crippen LogP contribution is 2.41. The Morgan fingerprint density at radius 2 is 2.19 bits per heavy atom. The van der Waals surface area contributed by atoms with Gasteiger partial charge in [-0.25, -0.2) is 0 Å². The quantitative estimate of drug-likeness (QED) is 0.677. The Labute approximate surface area is 161 Å². The van der Waals surface area contributed by atoms with E-state index in [0.717, 1.165) is 17.5 Å². The van der Waals surface area contributed by atoms with Crippen molar-refractivity contribution < 1.29 is 9.90 Å². The van der Waals surface area contributed by atoms with E-state index in [1.165, 1.54) is 6.08 Å². The number of likely N-dealkylation sites (tertiary alicyclic amines) is 1. The number of benzene rings is 1. The highest BCUT2D eigenvalue weighted by atomic mass is 35.5. The summed E-state index contributed by atoms with van der Waals surface area (Å²) >= 11 is 6.70.